The van der Waals surface area contributed by atoms with E-state index < -0.39 is 16.5 Å². The van der Waals surface area contributed by atoms with Crippen LogP contribution >= 0.6 is 0 Å². The molecule has 0 aliphatic heterocycles. The third kappa shape index (κ3) is 12.5. The molecule has 0 aliphatic carbocycles. The van der Waals surface area contributed by atoms with Crippen molar-refractivity contribution in [2.75, 3.05) is 0 Å². The Hall–Kier alpha value is 1.87. The molecule has 0 unspecified atom stereocenters. The zero-order valence-corrected chi connectivity index (χ0v) is 13.7. The largest absolute Gasteiger partial charge is 2.00 e. The predicted octanol–water partition coefficient (Wildman–Crippen LogP) is 2.09. The topological polar surface area (TPSA) is 12.0 Å². The summed E-state index contributed by atoms with van der Waals surface area (Å²) in [6.07, 6.45) is 0. The van der Waals surface area contributed by atoms with Crippen molar-refractivity contribution < 1.29 is 2.85 Å². The quantitative estimate of drug-likeness (QED) is 0.741. The van der Waals surface area contributed by atoms with E-state index in [1.165, 1.54) is 0 Å². The maximum atomic E-state index is 3.74. The molecule has 10 heavy (non-hydrogen) atoms. The van der Waals surface area contributed by atoms with Crippen LogP contribution in [0.15, 0.2) is 0 Å². The molecule has 0 aromatic rings. The molecule has 0 radical (unpaired) electrons. The van der Waals surface area contributed by atoms with E-state index in [-0.39, 0.29) is 48.3 Å². The molecule has 0 aromatic heterocycles. The van der Waals surface area contributed by atoms with Crippen LogP contribution in [0, 0.1) is 0 Å². The summed E-state index contributed by atoms with van der Waals surface area (Å²) in [6.45, 7) is 14.1. The average Bonchev–Trinajstić information content (AvgIpc) is 1.14. The van der Waals surface area contributed by atoms with E-state index in [1.54, 1.807) is 0 Å². The van der Waals surface area contributed by atoms with E-state index in [9.17, 15) is 0 Å². The molecule has 0 saturated heterocycles. The van der Waals surface area contributed by atoms with Crippen molar-refractivity contribution in [1.82, 2.24) is 4.65 Å². The van der Waals surface area contributed by atoms with Crippen LogP contribution in [0.2, 0.25) is 39.3 Å². The summed E-state index contributed by atoms with van der Waals surface area (Å²) in [6, 6.07) is 0. The second-order valence-electron chi connectivity index (χ2n) is 4.62. The molecule has 0 bridgehead atoms. The van der Waals surface area contributed by atoms with Gasteiger partial charge in [0, 0.05) is 0 Å². The number of nitrogens with one attached hydrogen (secondary N) is 1. The third-order valence-corrected chi connectivity index (χ3v) is 6.75. The summed E-state index contributed by atoms with van der Waals surface area (Å²) >= 11 is 0. The fourth-order valence-electron chi connectivity index (χ4n) is 1.12. The first-order chi connectivity index (χ1) is 3.71. The van der Waals surface area contributed by atoms with Gasteiger partial charge in [0.15, 0.2) is 0 Å². The molecule has 4 heteroatoms. The van der Waals surface area contributed by atoms with E-state index in [0.29, 0.717) is 0 Å². The van der Waals surface area contributed by atoms with Crippen LogP contribution in [0.1, 0.15) is 2.85 Å². The minimum absolute atomic E-state index is 0. The van der Waals surface area contributed by atoms with Gasteiger partial charge in [-0.05, 0) is 0 Å². The van der Waals surface area contributed by atoms with Crippen molar-refractivity contribution in [2.24, 2.45) is 0 Å². The van der Waals surface area contributed by atoms with Crippen molar-refractivity contribution in [2.45, 2.75) is 39.3 Å². The van der Waals surface area contributed by atoms with Crippen molar-refractivity contribution in [3.05, 3.63) is 0 Å². The van der Waals surface area contributed by atoms with Gasteiger partial charge in [0.05, 0.1) is 0 Å². The molecule has 60 valence electrons. The summed E-state index contributed by atoms with van der Waals surface area (Å²) < 4.78 is 3.74. The van der Waals surface area contributed by atoms with Gasteiger partial charge in [-0.3, -0.25) is 0 Å². The summed E-state index contributed by atoms with van der Waals surface area (Å²) in [5, 5.41) is 0. The van der Waals surface area contributed by atoms with Crippen LogP contribution in [0.4, 0.5) is 0 Å². The maximum Gasteiger partial charge on any atom is 2.00 e. The van der Waals surface area contributed by atoms with Crippen LogP contribution in [0.3, 0.4) is 0 Å². The van der Waals surface area contributed by atoms with Gasteiger partial charge >= 0.3 is 45.5 Å². The zero-order chi connectivity index (χ0) is 7.71. The molecule has 0 amide bonds. The molecular formula is C6H21NSi2Sr. The number of rotatable bonds is 2. The Morgan fingerprint density at radius 3 is 1.00 bits per heavy atom. The Bertz CT molecular complexity index is 88.7. The molecule has 0 saturated carbocycles. The van der Waals surface area contributed by atoms with Gasteiger partial charge in [0.1, 0.15) is 16.5 Å². The molecule has 0 rings (SSSR count). The summed E-state index contributed by atoms with van der Waals surface area (Å²) in [7, 11) is -1.96. The second kappa shape index (κ2) is 4.79. The normalized spacial score (nSPS) is 12.6. The maximum absolute atomic E-state index is 3.74. The molecule has 0 fully saturated rings. The smallest absolute Gasteiger partial charge is 1.00 e. The van der Waals surface area contributed by atoms with Gasteiger partial charge < -0.3 is 7.50 Å². The zero-order valence-electron chi connectivity index (χ0n) is 10.2. The van der Waals surface area contributed by atoms with Crippen LogP contribution in [0.5, 0.6) is 0 Å². The summed E-state index contributed by atoms with van der Waals surface area (Å²) in [4.78, 5) is 0. The Morgan fingerprint density at radius 1 is 0.800 bits per heavy atom. The van der Waals surface area contributed by atoms with E-state index in [1.807, 2.05) is 0 Å². The first kappa shape index (κ1) is 14.4. The molecule has 1 nitrogen and oxygen atoms in total. The molecule has 0 aliphatic rings. The standard InChI is InChI=1S/C6H19NSi2.Sr.2H/c1-8(2,3)7-9(4,5)6;;;/h7H,1-6H3;;;/q;+2;2*-1. The van der Waals surface area contributed by atoms with E-state index in [4.69, 9.17) is 0 Å². The molecule has 0 spiro atoms. The van der Waals surface area contributed by atoms with E-state index in [0.717, 1.165) is 0 Å². The molecule has 0 atom stereocenters. The average molecular weight is 251 g/mol. The SMILES string of the molecule is C[Si](C)(C)N[Si](C)(C)C.[H-].[H-].[Sr+2]. The first-order valence-electron chi connectivity index (χ1n) is 3.50. The number of hydrogen-bond acceptors (Lipinski definition) is 1. The Balaban J connectivity index is -0.000000107. The Morgan fingerprint density at radius 2 is 1.00 bits per heavy atom. The summed E-state index contributed by atoms with van der Waals surface area (Å²) in [5.74, 6) is 0. The van der Waals surface area contributed by atoms with Gasteiger partial charge in [0.2, 0.25) is 0 Å². The van der Waals surface area contributed by atoms with Crippen molar-refractivity contribution in [3.63, 3.8) is 0 Å². The molecule has 1 N–H and O–H groups in total. The Labute approximate surface area is 107 Å². The van der Waals surface area contributed by atoms with Gasteiger partial charge in [-0.25, -0.2) is 0 Å². The van der Waals surface area contributed by atoms with Gasteiger partial charge in [-0.1, -0.05) is 39.3 Å². The molecular weight excluding hydrogens is 230 g/mol. The van der Waals surface area contributed by atoms with Crippen LogP contribution in [0.25, 0.3) is 0 Å². The van der Waals surface area contributed by atoms with Gasteiger partial charge in [-0.15, -0.1) is 0 Å². The minimum Gasteiger partial charge on any atom is -1.00 e. The molecule has 0 aromatic carbocycles. The van der Waals surface area contributed by atoms with E-state index in [2.05, 4.69) is 43.9 Å². The van der Waals surface area contributed by atoms with Crippen LogP contribution in [-0.2, 0) is 0 Å². The third-order valence-electron chi connectivity index (χ3n) is 0.750. The van der Waals surface area contributed by atoms with Crippen molar-refractivity contribution in [3.8, 4) is 0 Å². The van der Waals surface area contributed by atoms with Crippen molar-refractivity contribution >= 4 is 62.0 Å². The van der Waals surface area contributed by atoms with Gasteiger partial charge in [-0.2, -0.15) is 0 Å². The summed E-state index contributed by atoms with van der Waals surface area (Å²) in [5.41, 5.74) is 0. The van der Waals surface area contributed by atoms with Gasteiger partial charge in [0.25, 0.3) is 0 Å². The van der Waals surface area contributed by atoms with Crippen LogP contribution < -0.4 is 4.65 Å². The van der Waals surface area contributed by atoms with Crippen molar-refractivity contribution in [1.29, 1.82) is 0 Å². The second-order valence-corrected chi connectivity index (χ2v) is 14.6. The fraction of sp³-hybridized carbons (Fsp3) is 1.00. The first-order valence-corrected chi connectivity index (χ1v) is 10.5. The number of hydrogen-bond donors (Lipinski definition) is 1. The van der Waals surface area contributed by atoms with Crippen LogP contribution in [-0.4, -0.2) is 62.0 Å². The monoisotopic (exact) mass is 251 g/mol. The fourth-order valence-corrected chi connectivity index (χ4v) is 10.1. The minimum atomic E-state index is -0.981. The molecule has 0 heterocycles. The predicted molar refractivity (Wildman–Crippen MR) is 57.8 cm³/mol. The Kier molecular flexibility index (Phi) is 6.90. The van der Waals surface area contributed by atoms with E-state index >= 15 is 0 Å².